The number of carbonyl (C=O) groups excluding carboxylic acids is 1. The average molecular weight is 432 g/mol. The molecule has 2 aliphatic carbocycles. The molecule has 8 nitrogen and oxygen atoms in total. The van der Waals surface area contributed by atoms with Crippen molar-refractivity contribution in [2.45, 2.75) is 69.9 Å². The van der Waals surface area contributed by atoms with Crippen LogP contribution in [0, 0.1) is 6.92 Å². The van der Waals surface area contributed by atoms with Gasteiger partial charge in [-0.3, -0.25) is 19.8 Å². The Hall–Kier alpha value is -2.61. The topological polar surface area (TPSA) is 111 Å². The van der Waals surface area contributed by atoms with E-state index in [1.807, 2.05) is 19.9 Å². The van der Waals surface area contributed by atoms with Gasteiger partial charge in [-0.15, -0.1) is 0 Å². The van der Waals surface area contributed by atoms with Crippen LogP contribution in [0.4, 0.5) is 10.6 Å². The number of hydrogen-bond acceptors (Lipinski definition) is 4. The Morgan fingerprint density at radius 2 is 2.13 bits per heavy atom. The molecule has 160 valence electrons. The fourth-order valence-corrected chi connectivity index (χ4v) is 4.64. The van der Waals surface area contributed by atoms with Gasteiger partial charge in [-0.05, 0) is 57.6 Å². The lowest BCUT2D eigenvalue weighted by molar-refractivity contribution is -0.115. The van der Waals surface area contributed by atoms with Crippen LogP contribution in [0.1, 0.15) is 61.9 Å². The molecule has 3 N–H and O–H groups in total. The summed E-state index contributed by atoms with van der Waals surface area (Å²) in [5.41, 5.74) is 2.27. The smallest absolute Gasteiger partial charge is 0.408 e. The zero-order valence-corrected chi connectivity index (χ0v) is 17.9. The summed E-state index contributed by atoms with van der Waals surface area (Å²) in [4.78, 5) is 30.0. The van der Waals surface area contributed by atoms with E-state index in [-0.39, 0.29) is 29.8 Å². The van der Waals surface area contributed by atoms with Crippen LogP contribution in [0.25, 0.3) is 0 Å². The predicted octanol–water partition coefficient (Wildman–Crippen LogP) is 4.12. The van der Waals surface area contributed by atoms with Gasteiger partial charge in [-0.25, -0.2) is 4.79 Å². The zero-order chi connectivity index (χ0) is 21.5. The Bertz CT molecular complexity index is 971. The summed E-state index contributed by atoms with van der Waals surface area (Å²) in [5.74, 6) is 0.473. The van der Waals surface area contributed by atoms with Crippen LogP contribution in [0.15, 0.2) is 18.3 Å². The molecular formula is C21H26ClN5O3. The average Bonchev–Trinajstić information content (AvgIpc) is 3.07. The molecule has 2 aliphatic rings. The summed E-state index contributed by atoms with van der Waals surface area (Å²) in [6.45, 7) is 3.89. The number of rotatable bonds is 6. The summed E-state index contributed by atoms with van der Waals surface area (Å²) in [5, 5.41) is 20.2. The second kappa shape index (κ2) is 7.91. The van der Waals surface area contributed by atoms with Crippen molar-refractivity contribution in [3.8, 4) is 0 Å². The van der Waals surface area contributed by atoms with Crippen LogP contribution in [-0.4, -0.2) is 48.8 Å². The first-order valence-electron chi connectivity index (χ1n) is 10.2. The first kappa shape index (κ1) is 20.7. The molecule has 0 radical (unpaired) electrons. The molecule has 2 amide bonds. The normalized spacial score (nSPS) is 22.0. The molecule has 4 rings (SSSR count). The molecule has 2 fully saturated rings. The molecule has 2 heterocycles. The van der Waals surface area contributed by atoms with Crippen molar-refractivity contribution < 1.29 is 14.7 Å². The van der Waals surface area contributed by atoms with Crippen molar-refractivity contribution in [1.82, 2.24) is 20.1 Å². The highest BCUT2D eigenvalue weighted by molar-refractivity contribution is 6.30. The van der Waals surface area contributed by atoms with Crippen LogP contribution in [0.5, 0.6) is 0 Å². The van der Waals surface area contributed by atoms with Crippen molar-refractivity contribution in [2.24, 2.45) is 0 Å². The number of H-pyrrole nitrogens is 1. The van der Waals surface area contributed by atoms with E-state index in [0.29, 0.717) is 16.5 Å². The van der Waals surface area contributed by atoms with Gasteiger partial charge in [0.25, 0.3) is 0 Å². The Kier molecular flexibility index (Phi) is 5.44. The highest BCUT2D eigenvalue weighted by Crippen LogP contribution is 2.47. The monoisotopic (exact) mass is 431 g/mol. The standard InChI is InChI=1S/C21H26ClN5O3/c1-12-7-14(22)11-23-16(12)10-19(28)24-18-9-17(25-26-18)13-3-4-15(8-13)27(20(29)30)21(2)5-6-21/h7,9,11,13,15H,3-6,8,10H2,1-2H3,(H,29,30)(H2,24,25,26,28)/t13-,15+/m0/s1. The number of anilines is 1. The van der Waals surface area contributed by atoms with Crippen molar-refractivity contribution in [1.29, 1.82) is 0 Å². The van der Waals surface area contributed by atoms with Gasteiger partial charge in [0.2, 0.25) is 5.91 Å². The van der Waals surface area contributed by atoms with Gasteiger partial charge in [0.15, 0.2) is 5.82 Å². The van der Waals surface area contributed by atoms with Crippen LogP contribution in [0.3, 0.4) is 0 Å². The molecule has 2 atom stereocenters. The Balaban J connectivity index is 1.36. The van der Waals surface area contributed by atoms with Gasteiger partial charge in [-0.1, -0.05) is 11.6 Å². The lowest BCUT2D eigenvalue weighted by Gasteiger charge is -2.32. The molecule has 30 heavy (non-hydrogen) atoms. The van der Waals surface area contributed by atoms with E-state index < -0.39 is 6.09 Å². The second-order valence-electron chi connectivity index (χ2n) is 8.66. The maximum absolute atomic E-state index is 12.4. The number of pyridine rings is 1. The number of nitrogens with one attached hydrogen (secondary N) is 2. The number of halogens is 1. The maximum Gasteiger partial charge on any atom is 0.408 e. The summed E-state index contributed by atoms with van der Waals surface area (Å²) in [6, 6.07) is 3.65. The molecule has 0 aromatic carbocycles. The molecule has 0 saturated heterocycles. The van der Waals surface area contributed by atoms with Crippen LogP contribution in [-0.2, 0) is 11.2 Å². The SMILES string of the molecule is Cc1cc(Cl)cnc1CC(=O)Nc1cc([C@H]2CC[C@@H](N(C(=O)O)C3(C)CC3)C2)[nH]n1. The summed E-state index contributed by atoms with van der Waals surface area (Å²) in [6.07, 6.45) is 5.22. The van der Waals surface area contributed by atoms with Gasteiger partial charge in [0.1, 0.15) is 0 Å². The van der Waals surface area contributed by atoms with Crippen LogP contribution in [0.2, 0.25) is 5.02 Å². The third kappa shape index (κ3) is 4.28. The third-order valence-corrected chi connectivity index (χ3v) is 6.52. The fraction of sp³-hybridized carbons (Fsp3) is 0.524. The number of amides is 2. The van der Waals surface area contributed by atoms with Crippen molar-refractivity contribution >= 4 is 29.4 Å². The minimum absolute atomic E-state index is 0.0281. The van der Waals surface area contributed by atoms with E-state index in [0.717, 1.165) is 43.4 Å². The van der Waals surface area contributed by atoms with Gasteiger partial charge >= 0.3 is 6.09 Å². The summed E-state index contributed by atoms with van der Waals surface area (Å²) >= 11 is 5.91. The molecule has 9 heteroatoms. The molecule has 0 aliphatic heterocycles. The quantitative estimate of drug-likeness (QED) is 0.637. The van der Waals surface area contributed by atoms with Crippen molar-refractivity contribution in [3.05, 3.63) is 40.3 Å². The van der Waals surface area contributed by atoms with E-state index in [1.165, 1.54) is 6.20 Å². The lowest BCUT2D eigenvalue weighted by Crippen LogP contribution is -2.45. The highest BCUT2D eigenvalue weighted by Gasteiger charge is 2.50. The largest absolute Gasteiger partial charge is 0.465 e. The molecular weight excluding hydrogens is 406 g/mol. The Morgan fingerprint density at radius 1 is 1.37 bits per heavy atom. The number of carboxylic acid groups (broad SMARTS) is 1. The van der Waals surface area contributed by atoms with Crippen LogP contribution < -0.4 is 5.32 Å². The van der Waals surface area contributed by atoms with Gasteiger partial charge in [0, 0.05) is 35.5 Å². The highest BCUT2D eigenvalue weighted by atomic mass is 35.5. The molecule has 0 spiro atoms. The van der Waals surface area contributed by atoms with E-state index in [4.69, 9.17) is 11.6 Å². The first-order valence-corrected chi connectivity index (χ1v) is 10.6. The first-order chi connectivity index (χ1) is 14.2. The molecule has 0 unspecified atom stereocenters. The zero-order valence-electron chi connectivity index (χ0n) is 17.1. The van der Waals surface area contributed by atoms with Gasteiger partial charge in [0.05, 0.1) is 17.1 Å². The molecule has 2 aromatic rings. The second-order valence-corrected chi connectivity index (χ2v) is 9.10. The molecule has 0 bridgehead atoms. The fourth-order valence-electron chi connectivity index (χ4n) is 4.43. The number of aryl methyl sites for hydroxylation is 1. The number of hydrogen-bond donors (Lipinski definition) is 3. The van der Waals surface area contributed by atoms with Crippen molar-refractivity contribution in [3.63, 3.8) is 0 Å². The summed E-state index contributed by atoms with van der Waals surface area (Å²) < 4.78 is 0. The molecule has 2 saturated carbocycles. The number of aromatic nitrogens is 3. The number of nitrogens with zero attached hydrogens (tertiary/aromatic N) is 3. The van der Waals surface area contributed by atoms with E-state index in [1.54, 1.807) is 11.0 Å². The Labute approximate surface area is 180 Å². The maximum atomic E-state index is 12.4. The number of aromatic amines is 1. The molecule has 2 aromatic heterocycles. The van der Waals surface area contributed by atoms with Gasteiger partial charge in [-0.2, -0.15) is 5.10 Å². The minimum atomic E-state index is -0.829. The Morgan fingerprint density at radius 3 is 2.80 bits per heavy atom. The van der Waals surface area contributed by atoms with Crippen LogP contribution >= 0.6 is 11.6 Å². The van der Waals surface area contributed by atoms with E-state index in [9.17, 15) is 14.7 Å². The lowest BCUT2D eigenvalue weighted by atomic mass is 10.0. The minimum Gasteiger partial charge on any atom is -0.465 e. The predicted molar refractivity (Wildman–Crippen MR) is 113 cm³/mol. The van der Waals surface area contributed by atoms with E-state index in [2.05, 4.69) is 20.5 Å². The van der Waals surface area contributed by atoms with Gasteiger partial charge < -0.3 is 10.4 Å². The van der Waals surface area contributed by atoms with E-state index >= 15 is 0 Å². The van der Waals surface area contributed by atoms with Crippen molar-refractivity contribution in [2.75, 3.05) is 5.32 Å². The summed E-state index contributed by atoms with van der Waals surface area (Å²) in [7, 11) is 0. The third-order valence-electron chi connectivity index (χ3n) is 6.32. The number of carbonyl (C=O) groups is 2.